The van der Waals surface area contributed by atoms with Crippen molar-refractivity contribution in [2.24, 2.45) is 23.7 Å². The highest BCUT2D eigenvalue weighted by Crippen LogP contribution is 2.57. The van der Waals surface area contributed by atoms with Gasteiger partial charge in [0.15, 0.2) is 11.6 Å². The van der Waals surface area contributed by atoms with Crippen LogP contribution in [0.1, 0.15) is 331 Å². The molecule has 0 aliphatic heterocycles. The zero-order valence-corrected chi connectivity index (χ0v) is 55.4. The van der Waals surface area contributed by atoms with Crippen molar-refractivity contribution >= 4 is 34.2 Å². The SMILES string of the molecule is CCCCCCCCCCCCC(CCCCCCCCCC)CC1C2=C(C(=O)C1c1ccc(C)cc1)C(CC(CCCCCCCCCC)CCCCCCCCCCCC)C(c1ccc(-c3ccc(-c4ccc(C)s4)s3)cc1)C2=O. The van der Waals surface area contributed by atoms with Crippen LogP contribution in [0.15, 0.2) is 83.9 Å². The summed E-state index contributed by atoms with van der Waals surface area (Å²) in [5, 5.41) is 0. The fraction of sp³-hybridized carbons (Fsp3) is 0.692. The molecule has 4 aromatic rings. The molecule has 2 aliphatic rings. The van der Waals surface area contributed by atoms with Gasteiger partial charge in [0.25, 0.3) is 0 Å². The highest BCUT2D eigenvalue weighted by atomic mass is 32.1. The molecule has 6 atom stereocenters. The van der Waals surface area contributed by atoms with Gasteiger partial charge in [-0.2, -0.15) is 0 Å². The molecule has 0 N–H and O–H groups in total. The van der Waals surface area contributed by atoms with Crippen molar-refractivity contribution in [1.29, 1.82) is 0 Å². The molecule has 0 saturated heterocycles. The van der Waals surface area contributed by atoms with E-state index in [-0.39, 0.29) is 23.7 Å². The number of rotatable bonds is 48. The van der Waals surface area contributed by atoms with Crippen LogP contribution in [0.4, 0.5) is 0 Å². The maximum absolute atomic E-state index is 16.2. The molecule has 2 aliphatic carbocycles. The van der Waals surface area contributed by atoms with Crippen LogP contribution in [0, 0.1) is 37.5 Å². The first kappa shape index (κ1) is 68.0. The standard InChI is InChI=1S/C78H120O2S2/c1-7-11-15-19-23-27-29-33-37-41-45-63(43-39-35-31-25-21-17-13-9-3)59-68-73(66-50-47-61(5)48-51-66)77(79)76-69(60-64(44-40-36-32-26-22-18-14-10-4)46-42-38-34-30-28-24-20-16-12-8-2)74(78(80)75(68)76)67-54-52-65(53-55-67)70-57-58-72(82-70)71-56-49-62(6)81-71/h47-58,63-64,68-69,73-74H,7-46,59-60H2,1-6H3. The van der Waals surface area contributed by atoms with E-state index in [1.54, 1.807) is 0 Å². The average molecular weight is 1150 g/mol. The van der Waals surface area contributed by atoms with E-state index in [2.05, 4.69) is 114 Å². The molecular weight excluding hydrogens is 1030 g/mol. The van der Waals surface area contributed by atoms with E-state index in [1.165, 1.54) is 287 Å². The minimum absolute atomic E-state index is 0.0507. The Hall–Kier alpha value is -3.08. The van der Waals surface area contributed by atoms with Crippen molar-refractivity contribution in [2.45, 2.75) is 323 Å². The summed E-state index contributed by atoms with van der Waals surface area (Å²) in [5.41, 5.74) is 6.65. The van der Waals surface area contributed by atoms with Gasteiger partial charge >= 0.3 is 0 Å². The first-order chi connectivity index (χ1) is 40.3. The van der Waals surface area contributed by atoms with Crippen LogP contribution in [-0.2, 0) is 9.59 Å². The summed E-state index contributed by atoms with van der Waals surface area (Å²) in [6, 6.07) is 27.2. The number of aryl methyl sites for hydroxylation is 2. The molecule has 456 valence electrons. The normalized spacial score (nSPS) is 17.9. The molecule has 0 saturated carbocycles. The van der Waals surface area contributed by atoms with Gasteiger partial charge in [0.2, 0.25) is 0 Å². The summed E-state index contributed by atoms with van der Waals surface area (Å²) >= 11 is 3.73. The van der Waals surface area contributed by atoms with Crippen LogP contribution in [0.5, 0.6) is 0 Å². The minimum atomic E-state index is -0.292. The quantitative estimate of drug-likeness (QED) is 0.0413. The summed E-state index contributed by atoms with van der Waals surface area (Å²) in [7, 11) is 0. The number of allylic oxidation sites excluding steroid dienone is 2. The lowest BCUT2D eigenvalue weighted by Gasteiger charge is -2.31. The van der Waals surface area contributed by atoms with E-state index < -0.39 is 0 Å². The minimum Gasteiger partial charge on any atom is -0.294 e. The maximum Gasteiger partial charge on any atom is 0.167 e. The number of benzene rings is 2. The van der Waals surface area contributed by atoms with E-state index in [0.717, 1.165) is 35.1 Å². The molecule has 0 spiro atoms. The van der Waals surface area contributed by atoms with Gasteiger partial charge in [-0.3, -0.25) is 9.59 Å². The number of hydrogen-bond acceptors (Lipinski definition) is 4. The van der Waals surface area contributed by atoms with Gasteiger partial charge in [0, 0.05) is 42.5 Å². The van der Waals surface area contributed by atoms with Crippen LogP contribution in [-0.4, -0.2) is 11.6 Å². The molecular formula is C78H120O2S2. The van der Waals surface area contributed by atoms with Crippen LogP contribution in [0.3, 0.4) is 0 Å². The van der Waals surface area contributed by atoms with Crippen molar-refractivity contribution in [1.82, 2.24) is 0 Å². The van der Waals surface area contributed by atoms with Crippen molar-refractivity contribution in [3.05, 3.63) is 106 Å². The van der Waals surface area contributed by atoms with Gasteiger partial charge < -0.3 is 0 Å². The van der Waals surface area contributed by atoms with E-state index >= 15 is 9.59 Å². The number of unbranched alkanes of at least 4 members (excludes halogenated alkanes) is 32. The topological polar surface area (TPSA) is 34.1 Å². The maximum atomic E-state index is 16.2. The monoisotopic (exact) mass is 1150 g/mol. The fourth-order valence-electron chi connectivity index (χ4n) is 14.6. The largest absolute Gasteiger partial charge is 0.294 e. The second-order valence-electron chi connectivity index (χ2n) is 26.5. The zero-order valence-electron chi connectivity index (χ0n) is 53.7. The zero-order chi connectivity index (χ0) is 58.0. The Morgan fingerprint density at radius 2 is 0.622 bits per heavy atom. The molecule has 0 fully saturated rings. The van der Waals surface area contributed by atoms with Gasteiger partial charge in [0.05, 0.1) is 11.8 Å². The number of carbonyl (C=O) groups excluding carboxylic acids is 2. The van der Waals surface area contributed by atoms with E-state index in [4.69, 9.17) is 0 Å². The summed E-state index contributed by atoms with van der Waals surface area (Å²) in [6.45, 7) is 13.6. The highest BCUT2D eigenvalue weighted by molar-refractivity contribution is 7.23. The average Bonchev–Trinajstić information content (AvgIpc) is 3.15. The third-order valence-corrected chi connectivity index (χ3v) is 21.9. The van der Waals surface area contributed by atoms with Gasteiger partial charge in [-0.25, -0.2) is 0 Å². The number of carbonyl (C=O) groups is 2. The fourth-order valence-corrected chi connectivity index (χ4v) is 16.6. The molecule has 0 bridgehead atoms. The van der Waals surface area contributed by atoms with Gasteiger partial charge in [-0.1, -0.05) is 339 Å². The molecule has 0 amide bonds. The molecule has 2 nitrogen and oxygen atoms in total. The molecule has 4 heteroatoms. The Bertz CT molecular complexity index is 2340. The summed E-state index contributed by atoms with van der Waals surface area (Å²) in [5.74, 6) is 0.960. The molecule has 6 rings (SSSR count). The Balaban J connectivity index is 1.30. The first-order valence-corrected chi connectivity index (χ1v) is 37.1. The van der Waals surface area contributed by atoms with Crippen molar-refractivity contribution in [3.8, 4) is 20.2 Å². The highest BCUT2D eigenvalue weighted by Gasteiger charge is 2.55. The predicted molar refractivity (Wildman–Crippen MR) is 362 cm³/mol. The van der Waals surface area contributed by atoms with Gasteiger partial charge in [0.1, 0.15) is 0 Å². The smallest absolute Gasteiger partial charge is 0.167 e. The molecule has 2 heterocycles. The Labute approximate surface area is 513 Å². The Morgan fingerprint density at radius 3 is 0.951 bits per heavy atom. The molecule has 0 radical (unpaired) electrons. The van der Waals surface area contributed by atoms with E-state index in [1.807, 2.05) is 22.7 Å². The van der Waals surface area contributed by atoms with Crippen LogP contribution in [0.25, 0.3) is 20.2 Å². The first-order valence-electron chi connectivity index (χ1n) is 35.4. The third-order valence-electron chi connectivity index (χ3n) is 19.6. The Morgan fingerprint density at radius 1 is 0.329 bits per heavy atom. The lowest BCUT2D eigenvalue weighted by atomic mass is 9.71. The van der Waals surface area contributed by atoms with E-state index in [0.29, 0.717) is 23.4 Å². The van der Waals surface area contributed by atoms with Crippen LogP contribution >= 0.6 is 22.7 Å². The van der Waals surface area contributed by atoms with Gasteiger partial charge in [-0.15, -0.1) is 22.7 Å². The van der Waals surface area contributed by atoms with E-state index in [9.17, 15) is 0 Å². The van der Waals surface area contributed by atoms with Crippen LogP contribution in [0.2, 0.25) is 0 Å². The van der Waals surface area contributed by atoms with Crippen molar-refractivity contribution < 1.29 is 9.59 Å². The Kier molecular flexibility index (Phi) is 33.5. The van der Waals surface area contributed by atoms with Crippen molar-refractivity contribution in [3.63, 3.8) is 0 Å². The lowest BCUT2D eigenvalue weighted by Crippen LogP contribution is -2.28. The molecule has 6 unspecified atom stereocenters. The summed E-state index contributed by atoms with van der Waals surface area (Å²) < 4.78 is 0. The predicted octanol–water partition coefficient (Wildman–Crippen LogP) is 26.0. The molecule has 82 heavy (non-hydrogen) atoms. The number of thiophene rings is 2. The summed E-state index contributed by atoms with van der Waals surface area (Å²) in [6.07, 6.45) is 55.1. The number of hydrogen-bond donors (Lipinski definition) is 0. The van der Waals surface area contributed by atoms with Gasteiger partial charge in [-0.05, 0) is 79.5 Å². The second-order valence-corrected chi connectivity index (χ2v) is 28.9. The third kappa shape index (κ3) is 23.0. The number of ketones is 2. The molecule has 2 aromatic carbocycles. The summed E-state index contributed by atoms with van der Waals surface area (Å²) in [4.78, 5) is 37.4. The molecule has 2 aromatic heterocycles. The van der Waals surface area contributed by atoms with Crippen LogP contribution < -0.4 is 0 Å². The number of Topliss-reactive ketones (excluding diaryl/α,β-unsaturated/α-hetero) is 2. The lowest BCUT2D eigenvalue weighted by molar-refractivity contribution is -0.119. The van der Waals surface area contributed by atoms with Crippen molar-refractivity contribution in [2.75, 3.05) is 0 Å². The second kappa shape index (κ2) is 40.3.